The van der Waals surface area contributed by atoms with Gasteiger partial charge in [0.15, 0.2) is 0 Å². The number of nitrogens with zero attached hydrogens (tertiary/aromatic N) is 8. The summed E-state index contributed by atoms with van der Waals surface area (Å²) in [4.78, 5) is 56.3. The molecule has 0 atom stereocenters. The van der Waals surface area contributed by atoms with Gasteiger partial charge in [0.1, 0.15) is 41.9 Å². The van der Waals surface area contributed by atoms with Crippen LogP contribution in [0.5, 0.6) is 11.5 Å². The van der Waals surface area contributed by atoms with Crippen LogP contribution >= 0.6 is 11.6 Å². The van der Waals surface area contributed by atoms with Crippen molar-refractivity contribution >= 4 is 70.0 Å². The Morgan fingerprint density at radius 2 is 1.10 bits per heavy atom. The molecule has 23 heteroatoms. The number of benzene rings is 4. The van der Waals surface area contributed by atoms with Gasteiger partial charge in [0.2, 0.25) is 35.6 Å². The summed E-state index contributed by atoms with van der Waals surface area (Å²) < 4.78 is 83.4. The predicted octanol–water partition coefficient (Wildman–Crippen LogP) is 9.58. The molecule has 2 aromatic heterocycles. The van der Waals surface area contributed by atoms with E-state index in [1.54, 1.807) is 26.0 Å². The van der Waals surface area contributed by atoms with E-state index in [0.29, 0.717) is 78.3 Å². The van der Waals surface area contributed by atoms with E-state index >= 15 is 0 Å². The number of carbonyl (C=O) groups is 2. The smallest absolute Gasteiger partial charge is 0.490 e. The molecule has 2 aliphatic heterocycles. The number of carbonyl (C=O) groups excluding carboxylic acids is 2. The first-order valence-corrected chi connectivity index (χ1v) is 23.0. The molecule has 2 fully saturated rings. The Labute approximate surface area is 409 Å². The number of amides is 2. The number of nitrogens with one attached hydrogen (secondary N) is 4. The molecule has 4 N–H and O–H groups in total. The topological polar surface area (TPSA) is 194 Å². The second-order valence-corrected chi connectivity index (χ2v) is 17.2. The highest BCUT2D eigenvalue weighted by atomic mass is 35.5. The summed E-state index contributed by atoms with van der Waals surface area (Å²) in [5, 5.41) is 12.0. The molecule has 17 nitrogen and oxygen atoms in total. The standard InChI is InChI=1S/C48H48ClF5N12O5/c1-28-38(21-32(50)23-40(28)61-44-55-26-57-46(63-44)65-17-13-34(14-18-65)69-25-30-3-7-37(8-4-30)71-48(52,53)54)59-42(67)11-12-43(68)60-39-22-33(51)24-41(29(39)2)62-45-56-27-58-47(64-45)66-19-15-36(16-20-66)70-35-9-5-31(49)6-10-35/h3-10,21-24,26-27,34,36H,11-20,25H2,1-2H3,(H,59,67)(H,60,68)(H,55,57,61,63)(H,56,58,62,64). The molecule has 0 spiro atoms. The van der Waals surface area contributed by atoms with E-state index in [2.05, 4.69) is 55.9 Å². The van der Waals surface area contributed by atoms with Gasteiger partial charge >= 0.3 is 6.36 Å². The van der Waals surface area contributed by atoms with Crippen molar-refractivity contribution in [2.45, 2.75) is 77.5 Å². The fourth-order valence-electron chi connectivity index (χ4n) is 7.87. The van der Waals surface area contributed by atoms with Crippen molar-refractivity contribution in [1.29, 1.82) is 0 Å². The summed E-state index contributed by atoms with van der Waals surface area (Å²) >= 11 is 5.99. The lowest BCUT2D eigenvalue weighted by atomic mass is 10.1. The molecule has 4 heterocycles. The molecule has 372 valence electrons. The van der Waals surface area contributed by atoms with Crippen molar-refractivity contribution < 1.29 is 45.8 Å². The van der Waals surface area contributed by atoms with Gasteiger partial charge in [-0.15, -0.1) is 13.2 Å². The van der Waals surface area contributed by atoms with Crippen LogP contribution in [0.4, 0.5) is 68.5 Å². The van der Waals surface area contributed by atoms with Crippen molar-refractivity contribution in [3.05, 3.63) is 119 Å². The van der Waals surface area contributed by atoms with E-state index in [4.69, 9.17) is 21.1 Å². The van der Waals surface area contributed by atoms with E-state index in [-0.39, 0.29) is 66.4 Å². The maximum Gasteiger partial charge on any atom is 0.573 e. The number of anilines is 8. The zero-order valence-corrected chi connectivity index (χ0v) is 39.2. The number of hydrogen-bond donors (Lipinski definition) is 4. The monoisotopic (exact) mass is 1000 g/mol. The third kappa shape index (κ3) is 14.1. The molecule has 0 bridgehead atoms. The normalized spacial score (nSPS) is 14.5. The Balaban J connectivity index is 0.798. The van der Waals surface area contributed by atoms with Gasteiger partial charge < -0.3 is 45.3 Å². The highest BCUT2D eigenvalue weighted by Gasteiger charge is 2.31. The average Bonchev–Trinajstić information content (AvgIpc) is 3.34. The van der Waals surface area contributed by atoms with Gasteiger partial charge in [0, 0.05) is 79.6 Å². The summed E-state index contributed by atoms with van der Waals surface area (Å²) in [5.41, 5.74) is 2.59. The van der Waals surface area contributed by atoms with Crippen LogP contribution in [0.2, 0.25) is 5.02 Å². The molecule has 4 aromatic carbocycles. The van der Waals surface area contributed by atoms with Crippen LogP contribution in [-0.4, -0.2) is 86.5 Å². The Morgan fingerprint density at radius 1 is 0.648 bits per heavy atom. The second kappa shape index (κ2) is 22.5. The van der Waals surface area contributed by atoms with Gasteiger partial charge in [0.05, 0.1) is 12.7 Å². The van der Waals surface area contributed by atoms with Crippen molar-refractivity contribution in [3.8, 4) is 11.5 Å². The number of halogens is 6. The molecule has 2 aliphatic rings. The zero-order valence-electron chi connectivity index (χ0n) is 38.4. The van der Waals surface area contributed by atoms with E-state index in [0.717, 1.165) is 24.7 Å². The minimum atomic E-state index is -4.77. The minimum Gasteiger partial charge on any atom is -0.490 e. The molecule has 6 aromatic rings. The molecule has 0 unspecified atom stereocenters. The van der Waals surface area contributed by atoms with Crippen LogP contribution < -0.4 is 40.5 Å². The largest absolute Gasteiger partial charge is 0.573 e. The van der Waals surface area contributed by atoms with E-state index < -0.39 is 29.8 Å². The number of rotatable bonds is 17. The highest BCUT2D eigenvalue weighted by Crippen LogP contribution is 2.31. The van der Waals surface area contributed by atoms with Crippen LogP contribution in [0.3, 0.4) is 0 Å². The Morgan fingerprint density at radius 3 is 1.58 bits per heavy atom. The van der Waals surface area contributed by atoms with Crippen molar-refractivity contribution in [1.82, 2.24) is 29.9 Å². The molecule has 8 rings (SSSR count). The maximum absolute atomic E-state index is 15.0. The minimum absolute atomic E-state index is 0.0157. The molecule has 2 amide bonds. The molecular formula is C48H48ClF5N12O5. The van der Waals surface area contributed by atoms with Crippen LogP contribution in [-0.2, 0) is 20.9 Å². The molecule has 0 saturated carbocycles. The third-order valence-electron chi connectivity index (χ3n) is 11.7. The second-order valence-electron chi connectivity index (χ2n) is 16.8. The number of alkyl halides is 3. The van der Waals surface area contributed by atoms with Crippen LogP contribution in [0.15, 0.2) is 85.5 Å². The summed E-state index contributed by atoms with van der Waals surface area (Å²) in [5.74, 6) is -0.846. The Hall–Kier alpha value is -7.46. The first-order chi connectivity index (χ1) is 34.1. The lowest BCUT2D eigenvalue weighted by Gasteiger charge is -2.32. The van der Waals surface area contributed by atoms with Crippen LogP contribution in [0, 0.1) is 25.5 Å². The van der Waals surface area contributed by atoms with Crippen LogP contribution in [0.25, 0.3) is 0 Å². The van der Waals surface area contributed by atoms with E-state index in [9.17, 15) is 31.5 Å². The van der Waals surface area contributed by atoms with E-state index in [1.807, 2.05) is 21.9 Å². The first-order valence-electron chi connectivity index (χ1n) is 22.6. The summed E-state index contributed by atoms with van der Waals surface area (Å²) in [6.07, 6.45) is 0.0469. The predicted molar refractivity (Wildman–Crippen MR) is 255 cm³/mol. The zero-order chi connectivity index (χ0) is 50.1. The Kier molecular flexibility index (Phi) is 15.8. The first kappa shape index (κ1) is 49.9. The van der Waals surface area contributed by atoms with Gasteiger partial charge in [-0.1, -0.05) is 23.7 Å². The number of ether oxygens (including phenoxy) is 3. The van der Waals surface area contributed by atoms with E-state index in [1.165, 1.54) is 55.1 Å². The summed E-state index contributed by atoms with van der Waals surface area (Å²) in [7, 11) is 0. The molecule has 2 saturated heterocycles. The van der Waals surface area contributed by atoms with Gasteiger partial charge in [-0.25, -0.2) is 28.7 Å². The third-order valence-corrected chi connectivity index (χ3v) is 11.9. The number of hydrogen-bond acceptors (Lipinski definition) is 15. The van der Waals surface area contributed by atoms with Gasteiger partial charge in [-0.2, -0.15) is 9.97 Å². The fourth-order valence-corrected chi connectivity index (χ4v) is 8.00. The van der Waals surface area contributed by atoms with Crippen molar-refractivity contribution in [2.24, 2.45) is 0 Å². The van der Waals surface area contributed by atoms with Crippen LogP contribution in [0.1, 0.15) is 55.2 Å². The maximum atomic E-state index is 15.0. The van der Waals surface area contributed by atoms with Crippen molar-refractivity contribution in [3.63, 3.8) is 0 Å². The number of piperidine rings is 2. The Bertz CT molecular complexity index is 2820. The highest BCUT2D eigenvalue weighted by molar-refractivity contribution is 6.30. The molecule has 0 aliphatic carbocycles. The number of aromatic nitrogens is 6. The van der Waals surface area contributed by atoms with Crippen molar-refractivity contribution in [2.75, 3.05) is 57.2 Å². The molecule has 0 radical (unpaired) electrons. The van der Waals surface area contributed by atoms with Gasteiger partial charge in [0.25, 0.3) is 0 Å². The molecular weight excluding hydrogens is 955 g/mol. The lowest BCUT2D eigenvalue weighted by Crippen LogP contribution is -2.39. The lowest BCUT2D eigenvalue weighted by molar-refractivity contribution is -0.274. The SMILES string of the molecule is Cc1c(NC(=O)CCC(=O)Nc2cc(F)cc(Nc3ncnc(N4CCC(Oc5ccc(Cl)cc5)CC4)n3)c2C)cc(F)cc1Nc1ncnc(N2CCC(OCc3ccc(OC(F)(F)F)cc3)CC2)n1. The van der Waals surface area contributed by atoms with Gasteiger partial charge in [-0.05, 0) is 104 Å². The average molecular weight is 1000 g/mol. The fraction of sp³-hybridized carbons (Fsp3) is 0.333. The quantitative estimate of drug-likeness (QED) is 0.0631. The molecule has 71 heavy (non-hydrogen) atoms. The summed E-state index contributed by atoms with van der Waals surface area (Å²) in [6.45, 7) is 5.95. The van der Waals surface area contributed by atoms with Gasteiger partial charge in [-0.3, -0.25) is 9.59 Å². The summed E-state index contributed by atoms with van der Waals surface area (Å²) in [6, 6.07) is 17.6.